The molecule has 6 rings (SSSR count). The molecule has 1 aromatic heterocycles. The number of urea groups is 1. The number of carboxylic acid groups (broad SMARTS) is 1. The van der Waals surface area contributed by atoms with Crippen LogP contribution >= 0.6 is 0 Å². The fraction of sp³-hybridized carbons (Fsp3) is 0.508. The molecule has 9 amide bonds. The van der Waals surface area contributed by atoms with Crippen molar-refractivity contribution in [2.45, 2.75) is 153 Å². The number of hydroxylamine groups is 2. The van der Waals surface area contributed by atoms with Gasteiger partial charge in [-0.3, -0.25) is 48.3 Å². The number of alkyl carbamates (subject to hydrolysis) is 1. The van der Waals surface area contributed by atoms with Gasteiger partial charge in [0.15, 0.2) is 6.10 Å². The highest BCUT2D eigenvalue weighted by atomic mass is 16.7. The van der Waals surface area contributed by atoms with E-state index in [2.05, 4.69) is 31.6 Å². The minimum atomic E-state index is -2.04. The SMILES string of the molecule is CN(CCON(C(=O)CCCCCCNC(=O)Nc1ccncc1)C1CCCCC1)C(=O)c1cccc(CC(=O)OCc2ccc(O[C@@H]3O[C@H](C(=O)O)[C@@H](O)[C@H](O)[C@H]3O)c(NC(=O)CCNC(=O)[C@H](CNC(=O)OC(C)(C)C)N3C(=O)C=CC3=O)c2)c1. The van der Waals surface area contributed by atoms with Crippen LogP contribution < -0.4 is 31.3 Å². The van der Waals surface area contributed by atoms with Crippen LogP contribution in [0.15, 0.2) is 79.1 Å². The van der Waals surface area contributed by atoms with E-state index in [0.717, 1.165) is 63.5 Å². The summed E-state index contributed by atoms with van der Waals surface area (Å²) in [5.74, 6) is -6.49. The number of aliphatic carboxylic acids is 1. The first-order chi connectivity index (χ1) is 41.5. The summed E-state index contributed by atoms with van der Waals surface area (Å²) in [5, 5.41) is 55.4. The lowest BCUT2D eigenvalue weighted by molar-refractivity contribution is -0.271. The Bertz CT molecular complexity index is 2920. The number of imide groups is 1. The van der Waals surface area contributed by atoms with Crippen LogP contribution in [-0.2, 0) is 65.6 Å². The highest BCUT2D eigenvalue weighted by Crippen LogP contribution is 2.32. The summed E-state index contributed by atoms with van der Waals surface area (Å²) in [7, 11) is 1.60. The zero-order valence-electron chi connectivity index (χ0n) is 49.0. The monoisotopic (exact) mass is 1220 g/mol. The van der Waals surface area contributed by atoms with Gasteiger partial charge in [0.1, 0.15) is 42.3 Å². The van der Waals surface area contributed by atoms with E-state index in [4.69, 9.17) is 23.8 Å². The number of rotatable bonds is 29. The van der Waals surface area contributed by atoms with Gasteiger partial charge >= 0.3 is 24.1 Å². The molecule has 2 aliphatic heterocycles. The van der Waals surface area contributed by atoms with Gasteiger partial charge in [-0.25, -0.2) is 19.4 Å². The third-order valence-electron chi connectivity index (χ3n) is 13.9. The Balaban J connectivity index is 1.02. The van der Waals surface area contributed by atoms with Gasteiger partial charge in [0.05, 0.1) is 31.3 Å². The second-order valence-electron chi connectivity index (χ2n) is 21.9. The van der Waals surface area contributed by atoms with Gasteiger partial charge in [-0.2, -0.15) is 0 Å². The normalized spacial score (nSPS) is 18.8. The number of unbranched alkanes of at least 4 members (excludes halogenated alkanes) is 3. The van der Waals surface area contributed by atoms with Crippen molar-refractivity contribution in [3.8, 4) is 5.75 Å². The summed E-state index contributed by atoms with van der Waals surface area (Å²) < 4.78 is 21.8. The van der Waals surface area contributed by atoms with E-state index in [1.54, 1.807) is 76.6 Å². The number of nitrogens with one attached hydrogen (secondary N) is 5. The van der Waals surface area contributed by atoms with Crippen molar-refractivity contribution < 1.29 is 92.2 Å². The van der Waals surface area contributed by atoms with E-state index in [1.807, 2.05) is 0 Å². The molecule has 1 saturated heterocycles. The summed E-state index contributed by atoms with van der Waals surface area (Å²) in [4.78, 5) is 141. The van der Waals surface area contributed by atoms with Crippen LogP contribution in [0, 0.1) is 0 Å². The number of aliphatic hydroxyl groups is 3. The second kappa shape index (κ2) is 32.8. The topological polar surface area (TPSA) is 381 Å². The van der Waals surface area contributed by atoms with Gasteiger partial charge in [0, 0.05) is 75.3 Å². The number of carboxylic acids is 1. The van der Waals surface area contributed by atoms with Crippen LogP contribution in [-0.4, -0.2) is 188 Å². The Hall–Kier alpha value is -8.57. The zero-order chi connectivity index (χ0) is 63.2. The predicted molar refractivity (Wildman–Crippen MR) is 308 cm³/mol. The van der Waals surface area contributed by atoms with Crippen molar-refractivity contribution in [1.82, 2.24) is 35.8 Å². The quantitative estimate of drug-likeness (QED) is 0.0209. The molecule has 0 unspecified atom stereocenters. The third-order valence-corrected chi connectivity index (χ3v) is 13.9. The van der Waals surface area contributed by atoms with E-state index in [0.29, 0.717) is 35.5 Å². The molecule has 0 bridgehead atoms. The lowest BCUT2D eigenvalue weighted by Crippen LogP contribution is -2.61. The number of carbonyl (C=O) groups excluding carboxylic acids is 9. The number of anilines is 2. The fourth-order valence-corrected chi connectivity index (χ4v) is 9.45. The molecule has 472 valence electrons. The minimum absolute atomic E-state index is 0.0545. The zero-order valence-corrected chi connectivity index (χ0v) is 49.0. The predicted octanol–water partition coefficient (Wildman–Crippen LogP) is 2.84. The number of carbonyl (C=O) groups is 10. The summed E-state index contributed by atoms with van der Waals surface area (Å²) in [5.41, 5.74) is 0.551. The number of ether oxygens (including phenoxy) is 4. The summed E-state index contributed by atoms with van der Waals surface area (Å²) in [6, 6.07) is 11.8. The van der Waals surface area contributed by atoms with Crippen LogP contribution in [0.1, 0.15) is 113 Å². The van der Waals surface area contributed by atoms with E-state index >= 15 is 0 Å². The average Bonchev–Trinajstić information content (AvgIpc) is 2.03. The van der Waals surface area contributed by atoms with Crippen molar-refractivity contribution in [3.05, 3.63) is 95.8 Å². The number of aliphatic hydroxyl groups excluding tert-OH is 3. The van der Waals surface area contributed by atoms with Gasteiger partial charge in [0.25, 0.3) is 17.7 Å². The van der Waals surface area contributed by atoms with Crippen LogP contribution in [0.5, 0.6) is 5.75 Å². The number of benzene rings is 2. The molecule has 6 atom stereocenters. The Morgan fingerprint density at radius 3 is 2.21 bits per heavy atom. The molecule has 3 heterocycles. The molecule has 1 saturated carbocycles. The molecule has 0 spiro atoms. The molecule has 87 heavy (non-hydrogen) atoms. The molecule has 2 fully saturated rings. The molecule has 2 aromatic carbocycles. The maximum absolute atomic E-state index is 13.7. The number of likely N-dealkylation sites (N-methyl/N-ethyl adjacent to an activating group) is 1. The van der Waals surface area contributed by atoms with Crippen molar-refractivity contribution >= 4 is 70.9 Å². The van der Waals surface area contributed by atoms with E-state index in [-0.39, 0.29) is 79.2 Å². The molecular weight excluding hydrogens is 1140 g/mol. The Labute approximate surface area is 502 Å². The Morgan fingerprint density at radius 1 is 0.793 bits per heavy atom. The third kappa shape index (κ3) is 21.1. The van der Waals surface area contributed by atoms with Gasteiger partial charge in [-0.15, -0.1) is 0 Å². The molecule has 3 aliphatic rings. The lowest BCUT2D eigenvalue weighted by atomic mass is 9.95. The first-order valence-corrected chi connectivity index (χ1v) is 28.7. The summed E-state index contributed by atoms with van der Waals surface area (Å²) in [6.45, 7) is 4.19. The lowest BCUT2D eigenvalue weighted by Gasteiger charge is -2.38. The van der Waals surface area contributed by atoms with Crippen molar-refractivity contribution in [2.24, 2.45) is 0 Å². The van der Waals surface area contributed by atoms with Crippen LogP contribution in [0.2, 0.25) is 0 Å². The standard InChI is InChI=1S/C59H77N9O19/c1-59(2,3)87-58(82)63-34-42(67-45(70)20-21-46(67)71)53(77)61-28-24-44(69)65-41-32-37(18-19-43(41)85-56-51(76)49(74)50(75)52(86-56)55(79)80)35-83-48(73)33-36-13-12-14-38(31-36)54(78)66(4)29-30-84-68(40-15-8-7-9-16-40)47(72)17-10-5-6-11-25-62-57(81)64-39-22-26-60-27-23-39/h12-14,18-23,26-27,31-32,40,42,49-52,56,74-76H,5-11,15-17,24-25,28-30,33-35H2,1-4H3,(H,61,77)(H,63,82)(H,65,69)(H,79,80)(H2,60,62,64,81)/t42-,49-,50-,51+,52-,56+/m0/s1. The van der Waals surface area contributed by atoms with E-state index < -0.39 is 97.0 Å². The smallest absolute Gasteiger partial charge is 0.407 e. The molecule has 3 aromatic rings. The Morgan fingerprint density at radius 2 is 1.51 bits per heavy atom. The number of hydrogen-bond acceptors (Lipinski definition) is 19. The molecule has 9 N–H and O–H groups in total. The molecule has 28 heteroatoms. The molecular formula is C59H77N9O19. The van der Waals surface area contributed by atoms with Crippen molar-refractivity contribution in [3.63, 3.8) is 0 Å². The fourth-order valence-electron chi connectivity index (χ4n) is 9.45. The summed E-state index contributed by atoms with van der Waals surface area (Å²) in [6.07, 6.45) is 1.34. The van der Waals surface area contributed by atoms with Gasteiger partial charge in [0.2, 0.25) is 24.0 Å². The summed E-state index contributed by atoms with van der Waals surface area (Å²) >= 11 is 0. The van der Waals surface area contributed by atoms with Crippen LogP contribution in [0.3, 0.4) is 0 Å². The maximum Gasteiger partial charge on any atom is 0.407 e. The van der Waals surface area contributed by atoms with Gasteiger partial charge < -0.3 is 70.9 Å². The largest absolute Gasteiger partial charge is 0.479 e. The first-order valence-electron chi connectivity index (χ1n) is 28.7. The van der Waals surface area contributed by atoms with E-state index in [1.165, 1.54) is 28.2 Å². The second-order valence-corrected chi connectivity index (χ2v) is 21.9. The van der Waals surface area contributed by atoms with Crippen molar-refractivity contribution in [2.75, 3.05) is 50.5 Å². The number of hydrogen-bond donors (Lipinski definition) is 9. The number of amides is 9. The Kier molecular flexibility index (Phi) is 25.5. The number of aromatic nitrogens is 1. The highest BCUT2D eigenvalue weighted by Gasteiger charge is 2.48. The van der Waals surface area contributed by atoms with Gasteiger partial charge in [-0.05, 0) is 94.0 Å². The molecule has 28 nitrogen and oxygen atoms in total. The van der Waals surface area contributed by atoms with Crippen molar-refractivity contribution in [1.29, 1.82) is 0 Å². The molecule has 0 radical (unpaired) electrons. The average molecular weight is 1220 g/mol. The molecule has 1 aliphatic carbocycles. The number of esters is 1. The van der Waals surface area contributed by atoms with Crippen LogP contribution in [0.25, 0.3) is 0 Å². The minimum Gasteiger partial charge on any atom is -0.479 e. The number of nitrogens with zero attached hydrogens (tertiary/aromatic N) is 4. The maximum atomic E-state index is 13.7. The van der Waals surface area contributed by atoms with E-state index in [9.17, 15) is 68.4 Å². The van der Waals surface area contributed by atoms with Crippen LogP contribution in [0.4, 0.5) is 21.0 Å². The highest BCUT2D eigenvalue weighted by molar-refractivity contribution is 6.15. The first kappa shape index (κ1) is 67.6. The van der Waals surface area contributed by atoms with Gasteiger partial charge in [-0.1, -0.05) is 50.3 Å². The number of pyridine rings is 1.